The zero-order valence-electron chi connectivity index (χ0n) is 5.25. The Kier molecular flexibility index (Phi) is 3.51. The Morgan fingerprint density at radius 1 is 1.50 bits per heavy atom. The van der Waals surface area contributed by atoms with Gasteiger partial charge in [0.15, 0.2) is 0 Å². The molecule has 54 valence electrons. The van der Waals surface area contributed by atoms with Gasteiger partial charge in [-0.05, 0) is 17.7 Å². The van der Waals surface area contributed by atoms with Gasteiger partial charge >= 0.3 is 0 Å². The second-order valence-corrected chi connectivity index (χ2v) is 3.83. The summed E-state index contributed by atoms with van der Waals surface area (Å²) in [6.45, 7) is 0.130. The molecule has 0 saturated heterocycles. The molecule has 0 amide bonds. The molecule has 0 aliphatic carbocycles. The highest BCUT2D eigenvalue weighted by Crippen LogP contribution is 2.25. The van der Waals surface area contributed by atoms with Gasteiger partial charge in [0.1, 0.15) is 0 Å². The van der Waals surface area contributed by atoms with Crippen LogP contribution in [-0.4, -0.2) is 5.11 Å². The number of hydrogen-bond donors (Lipinski definition) is 1. The van der Waals surface area contributed by atoms with E-state index in [2.05, 4.69) is 21.2 Å². The summed E-state index contributed by atoms with van der Waals surface area (Å²) in [6, 6.07) is 7.87. The third kappa shape index (κ3) is 2.14. The maximum absolute atomic E-state index is 8.75. The van der Waals surface area contributed by atoms with Crippen molar-refractivity contribution in [2.75, 3.05) is 0 Å². The standard InChI is InChI=1S/C7H7IOS/c8-10-7-3-1-2-6(4-7)5-9/h1-4,9H,5H2. The highest BCUT2D eigenvalue weighted by molar-refractivity contribution is 14.2. The van der Waals surface area contributed by atoms with Crippen LogP contribution >= 0.6 is 30.1 Å². The molecular formula is C7H7IOS. The lowest BCUT2D eigenvalue weighted by atomic mass is 10.2. The molecule has 0 bridgehead atoms. The van der Waals surface area contributed by atoms with Crippen LogP contribution in [0, 0.1) is 0 Å². The molecule has 0 aliphatic heterocycles. The molecule has 1 aromatic rings. The van der Waals surface area contributed by atoms with Gasteiger partial charge in [-0.25, -0.2) is 0 Å². The Hall–Kier alpha value is 0.260. The molecule has 0 saturated carbocycles. The van der Waals surface area contributed by atoms with Crippen molar-refractivity contribution in [1.82, 2.24) is 0 Å². The normalized spacial score (nSPS) is 9.80. The second-order valence-electron chi connectivity index (χ2n) is 1.88. The predicted molar refractivity (Wildman–Crippen MR) is 52.2 cm³/mol. The summed E-state index contributed by atoms with van der Waals surface area (Å²) >= 11 is 2.22. The van der Waals surface area contributed by atoms with Gasteiger partial charge in [0.25, 0.3) is 0 Å². The van der Waals surface area contributed by atoms with Crippen molar-refractivity contribution in [1.29, 1.82) is 0 Å². The molecular weight excluding hydrogens is 259 g/mol. The largest absolute Gasteiger partial charge is 0.392 e. The Labute approximate surface area is 76.4 Å². The first-order valence-corrected chi connectivity index (χ1v) is 6.21. The molecule has 1 N–H and O–H groups in total. The lowest BCUT2D eigenvalue weighted by Gasteiger charge is -1.96. The molecule has 0 aromatic heterocycles. The molecule has 0 unspecified atom stereocenters. The first-order valence-electron chi connectivity index (χ1n) is 2.85. The van der Waals surface area contributed by atoms with E-state index in [0.717, 1.165) is 5.56 Å². The van der Waals surface area contributed by atoms with E-state index in [9.17, 15) is 0 Å². The molecule has 3 heteroatoms. The van der Waals surface area contributed by atoms with E-state index < -0.39 is 0 Å². The van der Waals surface area contributed by atoms with Gasteiger partial charge in [0.05, 0.1) is 6.61 Å². The van der Waals surface area contributed by atoms with Crippen molar-refractivity contribution in [2.24, 2.45) is 0 Å². The van der Waals surface area contributed by atoms with Crippen molar-refractivity contribution in [2.45, 2.75) is 11.5 Å². The quantitative estimate of drug-likeness (QED) is 0.830. The Balaban J connectivity index is 2.87. The van der Waals surface area contributed by atoms with E-state index in [0.29, 0.717) is 0 Å². The van der Waals surface area contributed by atoms with Crippen molar-refractivity contribution in [3.63, 3.8) is 0 Å². The minimum Gasteiger partial charge on any atom is -0.392 e. The summed E-state index contributed by atoms with van der Waals surface area (Å²) in [5.74, 6) is 0. The molecule has 1 nitrogen and oxygen atoms in total. The van der Waals surface area contributed by atoms with E-state index >= 15 is 0 Å². The van der Waals surface area contributed by atoms with Crippen LogP contribution < -0.4 is 0 Å². The number of rotatable bonds is 2. The van der Waals surface area contributed by atoms with Gasteiger partial charge in [0.2, 0.25) is 0 Å². The summed E-state index contributed by atoms with van der Waals surface area (Å²) in [5.41, 5.74) is 0.974. The zero-order valence-corrected chi connectivity index (χ0v) is 8.22. The summed E-state index contributed by atoms with van der Waals surface area (Å²) in [6.07, 6.45) is 0. The van der Waals surface area contributed by atoms with Crippen LogP contribution in [0.15, 0.2) is 29.2 Å². The zero-order chi connectivity index (χ0) is 7.40. The number of aliphatic hydroxyl groups excluding tert-OH is 1. The molecule has 0 radical (unpaired) electrons. The number of halogens is 1. The van der Waals surface area contributed by atoms with Crippen molar-refractivity contribution >= 4 is 30.1 Å². The number of benzene rings is 1. The summed E-state index contributed by atoms with van der Waals surface area (Å²) in [7, 11) is 1.66. The third-order valence-corrected chi connectivity index (χ3v) is 3.13. The third-order valence-electron chi connectivity index (χ3n) is 1.17. The smallest absolute Gasteiger partial charge is 0.0682 e. The van der Waals surface area contributed by atoms with E-state index in [1.165, 1.54) is 4.90 Å². The van der Waals surface area contributed by atoms with Gasteiger partial charge in [-0.15, -0.1) is 0 Å². The van der Waals surface area contributed by atoms with Crippen molar-refractivity contribution < 1.29 is 5.11 Å². The minimum atomic E-state index is 0.130. The summed E-state index contributed by atoms with van der Waals surface area (Å²) in [4.78, 5) is 1.19. The molecule has 0 atom stereocenters. The van der Waals surface area contributed by atoms with Crippen molar-refractivity contribution in [3.8, 4) is 0 Å². The fourth-order valence-corrected chi connectivity index (χ4v) is 1.84. The highest BCUT2D eigenvalue weighted by Gasteiger charge is 1.91. The highest BCUT2D eigenvalue weighted by atomic mass is 127. The monoisotopic (exact) mass is 266 g/mol. The molecule has 0 spiro atoms. The van der Waals surface area contributed by atoms with Crippen LogP contribution in [0.5, 0.6) is 0 Å². The Morgan fingerprint density at radius 2 is 2.30 bits per heavy atom. The fraction of sp³-hybridized carbons (Fsp3) is 0.143. The van der Waals surface area contributed by atoms with Gasteiger partial charge < -0.3 is 5.11 Å². The molecule has 0 fully saturated rings. The second kappa shape index (κ2) is 4.20. The predicted octanol–water partition coefficient (Wildman–Crippen LogP) is 2.62. The van der Waals surface area contributed by atoms with Gasteiger partial charge in [-0.1, -0.05) is 21.1 Å². The lowest BCUT2D eigenvalue weighted by molar-refractivity contribution is 0.281. The average Bonchev–Trinajstić information content (AvgIpc) is 2.05. The van der Waals surface area contributed by atoms with Gasteiger partial charge in [-0.2, -0.15) is 0 Å². The van der Waals surface area contributed by atoms with Crippen LogP contribution in [0.1, 0.15) is 5.56 Å². The maximum Gasteiger partial charge on any atom is 0.0682 e. The fourth-order valence-electron chi connectivity index (χ4n) is 0.692. The van der Waals surface area contributed by atoms with E-state index in [1.54, 1.807) is 8.93 Å². The van der Waals surface area contributed by atoms with E-state index in [1.807, 2.05) is 24.3 Å². The molecule has 0 aliphatic rings. The van der Waals surface area contributed by atoms with Crippen LogP contribution in [0.2, 0.25) is 0 Å². The van der Waals surface area contributed by atoms with Crippen LogP contribution in [0.25, 0.3) is 0 Å². The number of hydrogen-bond acceptors (Lipinski definition) is 2. The van der Waals surface area contributed by atoms with Gasteiger partial charge in [-0.3, -0.25) is 0 Å². The van der Waals surface area contributed by atoms with E-state index in [4.69, 9.17) is 5.11 Å². The summed E-state index contributed by atoms with van der Waals surface area (Å²) in [5, 5.41) is 8.75. The Bertz CT molecular complexity index is 195. The van der Waals surface area contributed by atoms with Crippen LogP contribution in [-0.2, 0) is 6.61 Å². The lowest BCUT2D eigenvalue weighted by Crippen LogP contribution is -1.80. The first kappa shape index (κ1) is 8.36. The number of aliphatic hydroxyl groups is 1. The average molecular weight is 266 g/mol. The maximum atomic E-state index is 8.75. The molecule has 0 heterocycles. The molecule has 1 aromatic carbocycles. The molecule has 10 heavy (non-hydrogen) atoms. The first-order chi connectivity index (χ1) is 4.86. The van der Waals surface area contributed by atoms with E-state index in [-0.39, 0.29) is 6.61 Å². The van der Waals surface area contributed by atoms with Crippen LogP contribution in [0.4, 0.5) is 0 Å². The van der Waals surface area contributed by atoms with Crippen molar-refractivity contribution in [3.05, 3.63) is 29.8 Å². The van der Waals surface area contributed by atoms with Crippen LogP contribution in [0.3, 0.4) is 0 Å². The molecule has 1 rings (SSSR count). The summed E-state index contributed by atoms with van der Waals surface area (Å²) < 4.78 is 0. The SMILES string of the molecule is OCc1cccc(SI)c1. The topological polar surface area (TPSA) is 20.2 Å². The van der Waals surface area contributed by atoms with Gasteiger partial charge in [0, 0.05) is 26.1 Å². The minimum absolute atomic E-state index is 0.130. The Morgan fingerprint density at radius 3 is 2.90 bits per heavy atom.